The zero-order chi connectivity index (χ0) is 12.7. The summed E-state index contributed by atoms with van der Waals surface area (Å²) in [6, 6.07) is 0. The number of Topliss-reactive ketones (excluding diaryl/α,β-unsaturated/α-hetero) is 1. The molecule has 90 valence electrons. The molecule has 0 amide bonds. The van der Waals surface area contributed by atoms with E-state index < -0.39 is 11.2 Å². The third kappa shape index (κ3) is 1.57. The van der Waals surface area contributed by atoms with Crippen LogP contribution < -0.4 is 11.2 Å². The lowest BCUT2D eigenvalue weighted by molar-refractivity contribution is -0.117. The van der Waals surface area contributed by atoms with Gasteiger partial charge in [-0.05, 0) is 6.92 Å². The molecule has 0 radical (unpaired) electrons. The normalized spacial score (nSPS) is 11.0. The summed E-state index contributed by atoms with van der Waals surface area (Å²) >= 11 is 0. The predicted molar refractivity (Wildman–Crippen MR) is 58.7 cm³/mol. The predicted octanol–water partition coefficient (Wildman–Crippen LogP) is -1.58. The standard InChI is InChI=1S/C9H11N5O3/c1-5(15)4-14-7-6(10-11-13(7)3)8(16)12(2)9(14)17/h4H2,1-3H3. The molecule has 2 heterocycles. The molecule has 0 aliphatic rings. The van der Waals surface area contributed by atoms with Gasteiger partial charge in [0.05, 0.1) is 6.54 Å². The maximum absolute atomic E-state index is 11.9. The Labute approximate surface area is 95.1 Å². The third-order valence-electron chi connectivity index (χ3n) is 2.46. The number of nitrogens with zero attached hydrogens (tertiary/aromatic N) is 5. The van der Waals surface area contributed by atoms with Gasteiger partial charge in [0.2, 0.25) is 0 Å². The smallest absolute Gasteiger partial charge is 0.298 e. The molecule has 2 aromatic heterocycles. The molecule has 0 aliphatic heterocycles. The van der Waals surface area contributed by atoms with E-state index in [1.807, 2.05) is 0 Å². The maximum Gasteiger partial charge on any atom is 0.332 e. The van der Waals surface area contributed by atoms with E-state index in [4.69, 9.17) is 0 Å². The third-order valence-corrected chi connectivity index (χ3v) is 2.46. The van der Waals surface area contributed by atoms with Crippen LogP contribution in [-0.4, -0.2) is 29.9 Å². The van der Waals surface area contributed by atoms with Crippen molar-refractivity contribution >= 4 is 16.9 Å². The van der Waals surface area contributed by atoms with Gasteiger partial charge in [-0.3, -0.25) is 18.7 Å². The van der Waals surface area contributed by atoms with E-state index in [2.05, 4.69) is 10.3 Å². The molecule has 17 heavy (non-hydrogen) atoms. The van der Waals surface area contributed by atoms with Crippen molar-refractivity contribution in [3.05, 3.63) is 20.8 Å². The second-order valence-corrected chi connectivity index (χ2v) is 3.82. The molecule has 0 saturated carbocycles. The largest absolute Gasteiger partial charge is 0.332 e. The van der Waals surface area contributed by atoms with Gasteiger partial charge < -0.3 is 0 Å². The van der Waals surface area contributed by atoms with Crippen molar-refractivity contribution in [2.75, 3.05) is 0 Å². The van der Waals surface area contributed by atoms with E-state index in [-0.39, 0.29) is 23.5 Å². The van der Waals surface area contributed by atoms with Crippen LogP contribution in [0.3, 0.4) is 0 Å². The summed E-state index contributed by atoms with van der Waals surface area (Å²) in [5.74, 6) is -0.187. The molecule has 2 rings (SSSR count). The van der Waals surface area contributed by atoms with Gasteiger partial charge in [0.15, 0.2) is 11.2 Å². The fourth-order valence-electron chi connectivity index (χ4n) is 1.68. The van der Waals surface area contributed by atoms with Gasteiger partial charge in [0, 0.05) is 14.1 Å². The number of carbonyl (C=O) groups excluding carboxylic acids is 1. The monoisotopic (exact) mass is 237 g/mol. The van der Waals surface area contributed by atoms with E-state index in [0.29, 0.717) is 0 Å². The Bertz CT molecular complexity index is 721. The summed E-state index contributed by atoms with van der Waals surface area (Å²) in [5.41, 5.74) is -0.731. The van der Waals surface area contributed by atoms with Crippen molar-refractivity contribution in [2.45, 2.75) is 13.5 Å². The van der Waals surface area contributed by atoms with E-state index >= 15 is 0 Å². The maximum atomic E-state index is 11.9. The van der Waals surface area contributed by atoms with Crippen LogP contribution in [-0.2, 0) is 25.4 Å². The molecule has 0 fully saturated rings. The summed E-state index contributed by atoms with van der Waals surface area (Å²) in [5, 5.41) is 7.39. The molecule has 0 aliphatic carbocycles. The van der Waals surface area contributed by atoms with Crippen LogP contribution >= 0.6 is 0 Å². The van der Waals surface area contributed by atoms with Crippen LogP contribution in [0.5, 0.6) is 0 Å². The van der Waals surface area contributed by atoms with Crippen LogP contribution in [0.4, 0.5) is 0 Å². The quantitative estimate of drug-likeness (QED) is 0.628. The number of hydrogen-bond donors (Lipinski definition) is 0. The van der Waals surface area contributed by atoms with Crippen molar-refractivity contribution in [3.63, 3.8) is 0 Å². The molecular formula is C9H11N5O3. The number of aryl methyl sites for hydroxylation is 1. The van der Waals surface area contributed by atoms with Gasteiger partial charge in [-0.2, -0.15) is 0 Å². The van der Waals surface area contributed by atoms with Crippen LogP contribution in [0.2, 0.25) is 0 Å². The molecule has 0 unspecified atom stereocenters. The first-order valence-corrected chi connectivity index (χ1v) is 4.92. The summed E-state index contributed by atoms with van der Waals surface area (Å²) in [4.78, 5) is 34.8. The van der Waals surface area contributed by atoms with Gasteiger partial charge in [-0.15, -0.1) is 5.10 Å². The molecule has 8 heteroatoms. The van der Waals surface area contributed by atoms with E-state index in [1.165, 1.54) is 23.2 Å². The first kappa shape index (κ1) is 11.2. The van der Waals surface area contributed by atoms with Crippen molar-refractivity contribution in [1.29, 1.82) is 0 Å². The minimum absolute atomic E-state index is 0.0795. The lowest BCUT2D eigenvalue weighted by Gasteiger charge is -2.07. The molecule has 0 atom stereocenters. The average molecular weight is 237 g/mol. The van der Waals surface area contributed by atoms with Gasteiger partial charge in [0.25, 0.3) is 5.56 Å². The minimum atomic E-state index is -0.553. The second kappa shape index (κ2) is 3.65. The number of fused-ring (bicyclic) bond motifs is 1. The van der Waals surface area contributed by atoms with E-state index in [0.717, 1.165) is 4.57 Å². The molecule has 0 spiro atoms. The Morgan fingerprint density at radius 1 is 1.29 bits per heavy atom. The topological polar surface area (TPSA) is 91.8 Å². The Morgan fingerprint density at radius 2 is 1.94 bits per heavy atom. The zero-order valence-electron chi connectivity index (χ0n) is 9.67. The van der Waals surface area contributed by atoms with Crippen LogP contribution in [0.1, 0.15) is 6.92 Å². The highest BCUT2D eigenvalue weighted by atomic mass is 16.2. The first-order valence-electron chi connectivity index (χ1n) is 4.92. The summed E-state index contributed by atoms with van der Waals surface area (Å²) in [6.45, 7) is 1.26. The average Bonchev–Trinajstić information content (AvgIpc) is 2.63. The highest BCUT2D eigenvalue weighted by Crippen LogP contribution is 2.02. The molecule has 2 aromatic rings. The van der Waals surface area contributed by atoms with Gasteiger partial charge >= 0.3 is 5.69 Å². The van der Waals surface area contributed by atoms with Crippen molar-refractivity contribution < 1.29 is 4.79 Å². The Hall–Kier alpha value is -2.25. The van der Waals surface area contributed by atoms with Crippen LogP contribution in [0.15, 0.2) is 9.59 Å². The number of ketones is 1. The van der Waals surface area contributed by atoms with E-state index in [1.54, 1.807) is 7.05 Å². The summed E-state index contributed by atoms with van der Waals surface area (Å²) in [6.07, 6.45) is 0. The highest BCUT2D eigenvalue weighted by molar-refractivity contribution is 5.77. The fourth-order valence-corrected chi connectivity index (χ4v) is 1.68. The van der Waals surface area contributed by atoms with Crippen LogP contribution in [0.25, 0.3) is 11.2 Å². The molecule has 0 bridgehead atoms. The summed E-state index contributed by atoms with van der Waals surface area (Å²) < 4.78 is 3.42. The number of carbonyl (C=O) groups is 1. The highest BCUT2D eigenvalue weighted by Gasteiger charge is 2.16. The molecule has 0 saturated heterocycles. The Kier molecular flexibility index (Phi) is 2.41. The van der Waals surface area contributed by atoms with E-state index in [9.17, 15) is 14.4 Å². The van der Waals surface area contributed by atoms with Crippen LogP contribution in [0, 0.1) is 0 Å². The molecule has 8 nitrogen and oxygen atoms in total. The number of hydrogen-bond acceptors (Lipinski definition) is 5. The zero-order valence-corrected chi connectivity index (χ0v) is 9.67. The Morgan fingerprint density at radius 3 is 2.53 bits per heavy atom. The minimum Gasteiger partial charge on any atom is -0.298 e. The molecule has 0 aromatic carbocycles. The Balaban J connectivity index is 2.98. The van der Waals surface area contributed by atoms with Crippen molar-refractivity contribution in [3.8, 4) is 0 Å². The van der Waals surface area contributed by atoms with Gasteiger partial charge in [-0.25, -0.2) is 9.48 Å². The van der Waals surface area contributed by atoms with Gasteiger partial charge in [-0.1, -0.05) is 5.21 Å². The van der Waals surface area contributed by atoms with Crippen molar-refractivity contribution in [2.24, 2.45) is 14.1 Å². The first-order chi connectivity index (χ1) is 7.93. The SMILES string of the molecule is CC(=O)Cn1c(=O)n(C)c(=O)c2nnn(C)c21. The lowest BCUT2D eigenvalue weighted by Crippen LogP contribution is -2.39. The molecular weight excluding hydrogens is 226 g/mol. The number of aromatic nitrogens is 5. The second-order valence-electron chi connectivity index (χ2n) is 3.82. The lowest BCUT2D eigenvalue weighted by atomic mass is 10.4. The van der Waals surface area contributed by atoms with Gasteiger partial charge in [0.1, 0.15) is 5.78 Å². The molecule has 0 N–H and O–H groups in total. The fraction of sp³-hybridized carbons (Fsp3) is 0.444. The number of rotatable bonds is 2. The summed E-state index contributed by atoms with van der Waals surface area (Å²) in [7, 11) is 2.90. The van der Waals surface area contributed by atoms with Crippen molar-refractivity contribution in [1.82, 2.24) is 24.1 Å².